The molecule has 0 aliphatic rings. The van der Waals surface area contributed by atoms with Crippen molar-refractivity contribution < 1.29 is 14.3 Å². The second-order valence-corrected chi connectivity index (χ2v) is 4.83. The Labute approximate surface area is 127 Å². The van der Waals surface area contributed by atoms with Crippen molar-refractivity contribution in [1.29, 1.82) is 0 Å². The molecular weight excluding hydrogens is 292 g/mol. The van der Waals surface area contributed by atoms with Crippen LogP contribution in [0, 0.1) is 0 Å². The maximum Gasteiger partial charge on any atom is 0.321 e. The molecule has 1 atom stereocenters. The van der Waals surface area contributed by atoms with Gasteiger partial charge in [0, 0.05) is 22.8 Å². The molecule has 3 amide bonds. The number of ether oxygens (including phenoxy) is 1. The number of rotatable bonds is 3. The van der Waals surface area contributed by atoms with Gasteiger partial charge in [-0.05, 0) is 19.1 Å². The number of carbonyl (C=O) groups is 2. The van der Waals surface area contributed by atoms with E-state index in [1.165, 1.54) is 7.05 Å². The fraction of sp³-hybridized carbons (Fsp3) is 0.200. The Hall–Kier alpha value is -2.27. The first kappa shape index (κ1) is 15.1. The minimum absolute atomic E-state index is 0.520. The molecule has 0 unspecified atom stereocenters. The number of imide groups is 1. The molecule has 0 aromatic heterocycles. The van der Waals surface area contributed by atoms with E-state index in [1.807, 2.05) is 24.3 Å². The van der Waals surface area contributed by atoms with Crippen molar-refractivity contribution in [3.8, 4) is 5.75 Å². The third-order valence-corrected chi connectivity index (χ3v) is 3.30. The van der Waals surface area contributed by atoms with E-state index in [4.69, 9.17) is 16.3 Å². The fourth-order valence-electron chi connectivity index (χ4n) is 1.86. The molecule has 21 heavy (non-hydrogen) atoms. The summed E-state index contributed by atoms with van der Waals surface area (Å²) in [5.74, 6) is 0.0166. The monoisotopic (exact) mass is 306 g/mol. The number of carbonyl (C=O) groups excluding carboxylic acids is 2. The van der Waals surface area contributed by atoms with Gasteiger partial charge in [-0.2, -0.15) is 0 Å². The molecule has 0 saturated carbocycles. The van der Waals surface area contributed by atoms with Crippen LogP contribution in [0.5, 0.6) is 5.75 Å². The highest BCUT2D eigenvalue weighted by atomic mass is 35.5. The molecule has 5 nitrogen and oxygen atoms in total. The first-order chi connectivity index (χ1) is 10.0. The molecule has 0 heterocycles. The highest BCUT2D eigenvalue weighted by Crippen LogP contribution is 2.31. The van der Waals surface area contributed by atoms with Gasteiger partial charge in [-0.1, -0.05) is 35.9 Å². The average Bonchev–Trinajstić information content (AvgIpc) is 2.50. The standard InChI is InChI=1S/C15H15ClN2O3/c1-9(14(19)18-15(20)17-2)21-13-8-7-12(16)10-5-3-4-6-11(10)13/h3-9H,1-2H3,(H2,17,18,19,20)/t9-/m1/s1. The molecule has 0 saturated heterocycles. The molecule has 2 rings (SSSR count). The molecule has 2 aromatic carbocycles. The zero-order chi connectivity index (χ0) is 15.4. The van der Waals surface area contributed by atoms with Crippen LogP contribution in [-0.2, 0) is 4.79 Å². The van der Waals surface area contributed by atoms with Crippen LogP contribution in [0.4, 0.5) is 4.79 Å². The van der Waals surface area contributed by atoms with Crippen LogP contribution in [0.25, 0.3) is 10.8 Å². The van der Waals surface area contributed by atoms with Crippen LogP contribution in [-0.4, -0.2) is 25.1 Å². The first-order valence-electron chi connectivity index (χ1n) is 6.39. The summed E-state index contributed by atoms with van der Waals surface area (Å²) in [5.41, 5.74) is 0. The summed E-state index contributed by atoms with van der Waals surface area (Å²) in [6.45, 7) is 1.57. The molecular formula is C15H15ClN2O3. The maximum absolute atomic E-state index is 11.8. The van der Waals surface area contributed by atoms with E-state index in [0.717, 1.165) is 10.8 Å². The van der Waals surface area contributed by atoms with Crippen LogP contribution < -0.4 is 15.4 Å². The van der Waals surface area contributed by atoms with E-state index < -0.39 is 18.0 Å². The van der Waals surface area contributed by atoms with Crippen molar-refractivity contribution in [3.63, 3.8) is 0 Å². The van der Waals surface area contributed by atoms with Crippen molar-refractivity contribution in [2.45, 2.75) is 13.0 Å². The number of urea groups is 1. The highest BCUT2D eigenvalue weighted by molar-refractivity contribution is 6.35. The Bertz CT molecular complexity index is 688. The Morgan fingerprint density at radius 3 is 2.48 bits per heavy atom. The van der Waals surface area contributed by atoms with Crippen LogP contribution in [0.2, 0.25) is 5.02 Å². The topological polar surface area (TPSA) is 67.4 Å². The lowest BCUT2D eigenvalue weighted by atomic mass is 10.1. The van der Waals surface area contributed by atoms with Gasteiger partial charge in [0.25, 0.3) is 5.91 Å². The predicted molar refractivity (Wildman–Crippen MR) is 81.6 cm³/mol. The summed E-state index contributed by atoms with van der Waals surface area (Å²) in [4.78, 5) is 22.9. The second kappa shape index (κ2) is 6.45. The summed E-state index contributed by atoms with van der Waals surface area (Å²) >= 11 is 6.13. The molecule has 2 aromatic rings. The zero-order valence-corrected chi connectivity index (χ0v) is 12.4. The lowest BCUT2D eigenvalue weighted by Crippen LogP contribution is -2.43. The molecule has 6 heteroatoms. The maximum atomic E-state index is 11.8. The number of nitrogens with one attached hydrogen (secondary N) is 2. The number of amides is 3. The second-order valence-electron chi connectivity index (χ2n) is 4.42. The Balaban J connectivity index is 2.22. The number of hydrogen-bond donors (Lipinski definition) is 2. The van der Waals surface area contributed by atoms with Gasteiger partial charge >= 0.3 is 6.03 Å². The van der Waals surface area contributed by atoms with E-state index in [-0.39, 0.29) is 0 Å². The van der Waals surface area contributed by atoms with Crippen molar-refractivity contribution in [3.05, 3.63) is 41.4 Å². The summed E-state index contributed by atoms with van der Waals surface area (Å²) in [5, 5.41) is 6.74. The molecule has 0 aliphatic carbocycles. The fourth-order valence-corrected chi connectivity index (χ4v) is 2.09. The van der Waals surface area contributed by atoms with E-state index in [1.54, 1.807) is 19.1 Å². The van der Waals surface area contributed by atoms with Crippen LogP contribution in [0.1, 0.15) is 6.92 Å². The lowest BCUT2D eigenvalue weighted by Gasteiger charge is -2.16. The van der Waals surface area contributed by atoms with Gasteiger partial charge in [0.05, 0.1) is 0 Å². The SMILES string of the molecule is CNC(=O)NC(=O)[C@@H](C)Oc1ccc(Cl)c2ccccc12. The van der Waals surface area contributed by atoms with Gasteiger partial charge < -0.3 is 10.1 Å². The van der Waals surface area contributed by atoms with E-state index in [0.29, 0.717) is 10.8 Å². The number of hydrogen-bond acceptors (Lipinski definition) is 3. The van der Waals surface area contributed by atoms with Gasteiger partial charge in [-0.25, -0.2) is 4.79 Å². The highest BCUT2D eigenvalue weighted by Gasteiger charge is 2.18. The van der Waals surface area contributed by atoms with Crippen molar-refractivity contribution >= 4 is 34.3 Å². The Morgan fingerprint density at radius 1 is 1.14 bits per heavy atom. The molecule has 0 bridgehead atoms. The van der Waals surface area contributed by atoms with E-state index >= 15 is 0 Å². The zero-order valence-electron chi connectivity index (χ0n) is 11.6. The van der Waals surface area contributed by atoms with E-state index in [9.17, 15) is 9.59 Å². The van der Waals surface area contributed by atoms with Crippen molar-refractivity contribution in [1.82, 2.24) is 10.6 Å². The summed E-state index contributed by atoms with van der Waals surface area (Å²) < 4.78 is 5.64. The minimum Gasteiger partial charge on any atom is -0.480 e. The van der Waals surface area contributed by atoms with Crippen LogP contribution in [0.15, 0.2) is 36.4 Å². The third-order valence-electron chi connectivity index (χ3n) is 2.97. The van der Waals surface area contributed by atoms with Gasteiger partial charge in [0.2, 0.25) is 0 Å². The molecule has 2 N–H and O–H groups in total. The van der Waals surface area contributed by atoms with Gasteiger partial charge in [-0.3, -0.25) is 10.1 Å². The lowest BCUT2D eigenvalue weighted by molar-refractivity contribution is -0.126. The van der Waals surface area contributed by atoms with E-state index in [2.05, 4.69) is 10.6 Å². The largest absolute Gasteiger partial charge is 0.480 e. The normalized spacial score (nSPS) is 11.8. The quantitative estimate of drug-likeness (QED) is 0.916. The molecule has 0 radical (unpaired) electrons. The van der Waals surface area contributed by atoms with Crippen molar-refractivity contribution in [2.75, 3.05) is 7.05 Å². The first-order valence-corrected chi connectivity index (χ1v) is 6.77. The molecule has 0 spiro atoms. The number of halogens is 1. The predicted octanol–water partition coefficient (Wildman–Crippen LogP) is 2.72. The van der Waals surface area contributed by atoms with Crippen LogP contribution >= 0.6 is 11.6 Å². The average molecular weight is 307 g/mol. The molecule has 0 aliphatic heterocycles. The number of benzene rings is 2. The smallest absolute Gasteiger partial charge is 0.321 e. The van der Waals surface area contributed by atoms with Gasteiger partial charge in [-0.15, -0.1) is 0 Å². The molecule has 110 valence electrons. The number of fused-ring (bicyclic) bond motifs is 1. The van der Waals surface area contributed by atoms with Crippen molar-refractivity contribution in [2.24, 2.45) is 0 Å². The third kappa shape index (κ3) is 3.44. The summed E-state index contributed by atoms with van der Waals surface area (Å²) in [7, 11) is 1.43. The summed E-state index contributed by atoms with van der Waals surface area (Å²) in [6.07, 6.45) is -0.813. The molecule has 0 fully saturated rings. The van der Waals surface area contributed by atoms with Crippen LogP contribution in [0.3, 0.4) is 0 Å². The summed E-state index contributed by atoms with van der Waals surface area (Å²) in [6, 6.07) is 10.3. The van der Waals surface area contributed by atoms with Gasteiger partial charge in [0.15, 0.2) is 6.10 Å². The van der Waals surface area contributed by atoms with Gasteiger partial charge in [0.1, 0.15) is 5.75 Å². The minimum atomic E-state index is -0.813. The Kier molecular flexibility index (Phi) is 4.65. The Morgan fingerprint density at radius 2 is 1.81 bits per heavy atom.